The normalized spacial score (nSPS) is 11.8. The molecule has 0 bridgehead atoms. The molecule has 0 saturated carbocycles. The number of nitrogens with zero attached hydrogens (tertiary/aromatic N) is 1. The van der Waals surface area contributed by atoms with Crippen molar-refractivity contribution in [3.05, 3.63) is 45.9 Å². The number of H-pyrrole nitrogens is 1. The predicted molar refractivity (Wildman–Crippen MR) is 90.9 cm³/mol. The number of sulfone groups is 1. The minimum Gasteiger partial charge on any atom is -0.295 e. The maximum Gasteiger partial charge on any atom is 0.274 e. The highest BCUT2D eigenvalue weighted by molar-refractivity contribution is 7.99. The van der Waals surface area contributed by atoms with Crippen LogP contribution in [-0.2, 0) is 16.3 Å². The lowest BCUT2D eigenvalue weighted by atomic mass is 10.2. The average molecular weight is 340 g/mol. The second-order valence-electron chi connectivity index (χ2n) is 5.07. The summed E-state index contributed by atoms with van der Waals surface area (Å²) in [4.78, 5) is 12.7. The summed E-state index contributed by atoms with van der Waals surface area (Å²) in [5, 5.41) is 3.06. The van der Waals surface area contributed by atoms with Crippen LogP contribution in [0.15, 0.2) is 34.0 Å². The van der Waals surface area contributed by atoms with Crippen LogP contribution in [0, 0.1) is 6.92 Å². The molecule has 0 atom stereocenters. The topological polar surface area (TPSA) is 71.9 Å². The molecule has 2 rings (SSSR count). The Labute approximate surface area is 134 Å². The van der Waals surface area contributed by atoms with Crippen molar-refractivity contribution in [2.45, 2.75) is 25.2 Å². The molecule has 22 heavy (non-hydrogen) atoms. The fourth-order valence-electron chi connectivity index (χ4n) is 2.22. The monoisotopic (exact) mass is 340 g/mol. The van der Waals surface area contributed by atoms with Gasteiger partial charge in [0.2, 0.25) is 0 Å². The summed E-state index contributed by atoms with van der Waals surface area (Å²) < 4.78 is 24.4. The molecule has 120 valence electrons. The summed E-state index contributed by atoms with van der Waals surface area (Å²) in [7, 11) is -3.23. The Bertz CT molecular complexity index is 802. The zero-order valence-corrected chi connectivity index (χ0v) is 14.6. The predicted octanol–water partition coefficient (Wildman–Crippen LogP) is 2.17. The molecule has 0 aliphatic heterocycles. The molecule has 0 fully saturated rings. The number of benzene rings is 1. The number of nitrogens with one attached hydrogen (secondary N) is 1. The zero-order chi connectivity index (χ0) is 16.3. The van der Waals surface area contributed by atoms with Crippen LogP contribution >= 0.6 is 11.8 Å². The molecule has 1 aromatic carbocycles. The maximum absolute atomic E-state index is 12.5. The van der Waals surface area contributed by atoms with Crippen LogP contribution in [0.25, 0.3) is 5.69 Å². The summed E-state index contributed by atoms with van der Waals surface area (Å²) >= 11 is 1.80. The Hall–Kier alpha value is -1.47. The first-order valence-corrected chi connectivity index (χ1v) is 10.1. The van der Waals surface area contributed by atoms with Crippen LogP contribution in [0.4, 0.5) is 0 Å². The van der Waals surface area contributed by atoms with Crippen molar-refractivity contribution in [3.8, 4) is 5.69 Å². The molecule has 7 heteroatoms. The number of hydrogen-bond acceptors (Lipinski definition) is 4. The van der Waals surface area contributed by atoms with Crippen molar-refractivity contribution in [2.75, 3.05) is 17.8 Å². The zero-order valence-electron chi connectivity index (χ0n) is 12.9. The van der Waals surface area contributed by atoms with Crippen LogP contribution in [0.3, 0.4) is 0 Å². The third-order valence-corrected chi connectivity index (χ3v) is 5.45. The van der Waals surface area contributed by atoms with Crippen LogP contribution in [0.5, 0.6) is 0 Å². The summed E-state index contributed by atoms with van der Waals surface area (Å²) in [6, 6.07) is 6.30. The SMILES string of the molecule is CCSCCc1c(C)[nH]n(-c2ccc(S(C)(=O)=O)cc2)c1=O. The van der Waals surface area contributed by atoms with Crippen molar-refractivity contribution in [2.24, 2.45) is 0 Å². The van der Waals surface area contributed by atoms with Crippen molar-refractivity contribution in [3.63, 3.8) is 0 Å². The van der Waals surface area contributed by atoms with Gasteiger partial charge in [0.05, 0.1) is 10.6 Å². The highest BCUT2D eigenvalue weighted by atomic mass is 32.2. The van der Waals surface area contributed by atoms with E-state index in [2.05, 4.69) is 12.0 Å². The van der Waals surface area contributed by atoms with E-state index in [-0.39, 0.29) is 10.5 Å². The average Bonchev–Trinajstić information content (AvgIpc) is 2.74. The van der Waals surface area contributed by atoms with Gasteiger partial charge in [0, 0.05) is 17.5 Å². The van der Waals surface area contributed by atoms with E-state index in [1.165, 1.54) is 16.8 Å². The Balaban J connectivity index is 2.34. The van der Waals surface area contributed by atoms with Crippen molar-refractivity contribution < 1.29 is 8.42 Å². The first-order valence-electron chi connectivity index (χ1n) is 7.03. The number of aryl methyl sites for hydroxylation is 1. The van der Waals surface area contributed by atoms with Crippen LogP contribution in [0.2, 0.25) is 0 Å². The van der Waals surface area contributed by atoms with Crippen LogP contribution in [-0.4, -0.2) is 36.0 Å². The highest BCUT2D eigenvalue weighted by Gasteiger charge is 2.13. The summed E-state index contributed by atoms with van der Waals surface area (Å²) in [5.74, 6) is 1.95. The molecule has 2 aromatic rings. The third-order valence-electron chi connectivity index (χ3n) is 3.42. The molecule has 0 spiro atoms. The molecular weight excluding hydrogens is 320 g/mol. The lowest BCUT2D eigenvalue weighted by Crippen LogP contribution is -2.18. The molecule has 0 radical (unpaired) electrons. The summed E-state index contributed by atoms with van der Waals surface area (Å²) in [5.41, 5.74) is 2.21. The summed E-state index contributed by atoms with van der Waals surface area (Å²) in [6.07, 6.45) is 1.89. The lowest BCUT2D eigenvalue weighted by Gasteiger charge is -2.03. The standard InChI is InChI=1S/C15H20N2O3S2/c1-4-21-10-9-14-11(2)16-17(15(14)18)12-5-7-13(8-6-12)22(3,19)20/h5-8,16H,4,9-10H2,1-3H3. The van der Waals surface area contributed by atoms with E-state index in [0.717, 1.165) is 35.4 Å². The quantitative estimate of drug-likeness (QED) is 0.818. The second kappa shape index (κ2) is 6.75. The van der Waals surface area contributed by atoms with E-state index in [1.54, 1.807) is 23.9 Å². The van der Waals surface area contributed by atoms with E-state index < -0.39 is 9.84 Å². The van der Waals surface area contributed by atoms with Crippen LogP contribution in [0.1, 0.15) is 18.2 Å². The van der Waals surface area contributed by atoms with Gasteiger partial charge in [0.1, 0.15) is 0 Å². The molecule has 0 aliphatic rings. The van der Waals surface area contributed by atoms with Crippen molar-refractivity contribution >= 4 is 21.6 Å². The molecule has 1 N–H and O–H groups in total. The number of thioether (sulfide) groups is 1. The van der Waals surface area contributed by atoms with Gasteiger partial charge in [0.15, 0.2) is 9.84 Å². The molecule has 0 amide bonds. The van der Waals surface area contributed by atoms with Gasteiger partial charge in [-0.15, -0.1) is 0 Å². The van der Waals surface area contributed by atoms with Gasteiger partial charge >= 0.3 is 0 Å². The minimum atomic E-state index is -3.23. The number of aromatic nitrogens is 2. The Morgan fingerprint density at radius 1 is 1.23 bits per heavy atom. The number of rotatable bonds is 6. The van der Waals surface area contributed by atoms with Gasteiger partial charge in [-0.1, -0.05) is 6.92 Å². The fraction of sp³-hybridized carbons (Fsp3) is 0.400. The number of hydrogen-bond donors (Lipinski definition) is 1. The van der Waals surface area contributed by atoms with Gasteiger partial charge in [0.25, 0.3) is 5.56 Å². The third kappa shape index (κ3) is 3.64. The molecule has 1 heterocycles. The molecular formula is C15H20N2O3S2. The second-order valence-corrected chi connectivity index (χ2v) is 8.48. The first kappa shape index (κ1) is 16.9. The molecule has 0 aliphatic carbocycles. The van der Waals surface area contributed by atoms with E-state index in [1.807, 2.05) is 6.92 Å². The van der Waals surface area contributed by atoms with Crippen molar-refractivity contribution in [1.82, 2.24) is 9.78 Å². The van der Waals surface area contributed by atoms with Gasteiger partial charge in [-0.3, -0.25) is 9.89 Å². The lowest BCUT2D eigenvalue weighted by molar-refractivity contribution is 0.602. The van der Waals surface area contributed by atoms with Crippen molar-refractivity contribution in [1.29, 1.82) is 0 Å². The Kier molecular flexibility index (Phi) is 5.18. The largest absolute Gasteiger partial charge is 0.295 e. The van der Waals surface area contributed by atoms with Gasteiger partial charge in [-0.05, 0) is 49.1 Å². The highest BCUT2D eigenvalue weighted by Crippen LogP contribution is 2.14. The molecule has 1 aromatic heterocycles. The van der Waals surface area contributed by atoms with E-state index in [9.17, 15) is 13.2 Å². The van der Waals surface area contributed by atoms with E-state index in [0.29, 0.717) is 5.69 Å². The van der Waals surface area contributed by atoms with Gasteiger partial charge in [-0.2, -0.15) is 11.8 Å². The fourth-order valence-corrected chi connectivity index (χ4v) is 3.49. The van der Waals surface area contributed by atoms with E-state index in [4.69, 9.17) is 0 Å². The molecule has 0 saturated heterocycles. The maximum atomic E-state index is 12.5. The molecule has 5 nitrogen and oxygen atoms in total. The number of aromatic amines is 1. The molecule has 0 unspecified atom stereocenters. The van der Waals surface area contributed by atoms with Gasteiger partial charge in [-0.25, -0.2) is 13.1 Å². The van der Waals surface area contributed by atoms with Gasteiger partial charge < -0.3 is 0 Å². The van der Waals surface area contributed by atoms with Crippen LogP contribution < -0.4 is 5.56 Å². The smallest absolute Gasteiger partial charge is 0.274 e. The Morgan fingerprint density at radius 2 is 1.86 bits per heavy atom. The van der Waals surface area contributed by atoms with E-state index >= 15 is 0 Å². The minimum absolute atomic E-state index is 0.0682. The summed E-state index contributed by atoms with van der Waals surface area (Å²) in [6.45, 7) is 3.98. The first-order chi connectivity index (χ1) is 10.3. The Morgan fingerprint density at radius 3 is 2.41 bits per heavy atom.